The number of hydrogen-bond acceptors (Lipinski definition) is 5. The number of benzene rings is 1. The van der Waals surface area contributed by atoms with Gasteiger partial charge in [-0.1, -0.05) is 12.1 Å². The van der Waals surface area contributed by atoms with Gasteiger partial charge in [0.15, 0.2) is 9.84 Å². The highest BCUT2D eigenvalue weighted by molar-refractivity contribution is 7.91. The van der Waals surface area contributed by atoms with Gasteiger partial charge in [0.05, 0.1) is 22.9 Å². The predicted molar refractivity (Wildman–Crippen MR) is 84.5 cm³/mol. The van der Waals surface area contributed by atoms with E-state index in [1.807, 2.05) is 43.3 Å². The van der Waals surface area contributed by atoms with Gasteiger partial charge in [-0.3, -0.25) is 4.79 Å². The number of carbonyl (C=O) groups is 1. The molecule has 0 saturated carbocycles. The first-order valence-electron chi connectivity index (χ1n) is 6.87. The molecule has 21 heavy (non-hydrogen) atoms. The number of nitrogens with zero attached hydrogens (tertiary/aromatic N) is 1. The van der Waals surface area contributed by atoms with Crippen molar-refractivity contribution in [1.29, 1.82) is 0 Å². The summed E-state index contributed by atoms with van der Waals surface area (Å²) >= 11 is 0. The fourth-order valence-corrected chi connectivity index (χ4v) is 3.84. The Morgan fingerprint density at radius 3 is 2.76 bits per heavy atom. The molecule has 7 heteroatoms. The number of rotatable bonds is 4. The Morgan fingerprint density at radius 1 is 1.38 bits per heavy atom. The monoisotopic (exact) mass is 311 g/mol. The van der Waals surface area contributed by atoms with E-state index in [4.69, 9.17) is 0 Å². The molecule has 0 bridgehead atoms. The molecule has 1 fully saturated rings. The number of carbonyl (C=O) groups excluding carboxylic acids is 1. The van der Waals surface area contributed by atoms with Gasteiger partial charge >= 0.3 is 0 Å². The quantitative estimate of drug-likeness (QED) is 0.845. The maximum atomic E-state index is 12.1. The summed E-state index contributed by atoms with van der Waals surface area (Å²) < 4.78 is 23.1. The molecule has 0 spiro atoms. The van der Waals surface area contributed by atoms with E-state index in [-0.39, 0.29) is 29.9 Å². The molecule has 6 nitrogen and oxygen atoms in total. The van der Waals surface area contributed by atoms with Gasteiger partial charge in [-0.15, -0.1) is 0 Å². The van der Waals surface area contributed by atoms with Crippen molar-refractivity contribution in [2.24, 2.45) is 0 Å². The van der Waals surface area contributed by atoms with Crippen LogP contribution in [0.15, 0.2) is 24.3 Å². The first kappa shape index (κ1) is 15.8. The lowest BCUT2D eigenvalue weighted by molar-refractivity contribution is -0.116. The van der Waals surface area contributed by atoms with Crippen LogP contribution in [-0.2, 0) is 14.6 Å². The van der Waals surface area contributed by atoms with Gasteiger partial charge < -0.3 is 15.5 Å². The minimum absolute atomic E-state index is 0.0236. The van der Waals surface area contributed by atoms with Gasteiger partial charge in [0.25, 0.3) is 0 Å². The third-order valence-electron chi connectivity index (χ3n) is 3.39. The Kier molecular flexibility index (Phi) is 4.84. The van der Waals surface area contributed by atoms with Crippen LogP contribution in [0.1, 0.15) is 6.42 Å². The van der Waals surface area contributed by atoms with Crippen molar-refractivity contribution in [3.8, 4) is 0 Å². The van der Waals surface area contributed by atoms with Crippen LogP contribution in [0.4, 0.5) is 11.4 Å². The largest absolute Gasteiger partial charge is 0.376 e. The first-order chi connectivity index (χ1) is 9.87. The van der Waals surface area contributed by atoms with Crippen molar-refractivity contribution in [2.45, 2.75) is 12.5 Å². The van der Waals surface area contributed by atoms with Crippen LogP contribution in [-0.4, -0.2) is 52.5 Å². The minimum Gasteiger partial charge on any atom is -0.376 e. The predicted octanol–water partition coefficient (Wildman–Crippen LogP) is 0.468. The lowest BCUT2D eigenvalue weighted by Crippen LogP contribution is -2.46. The summed E-state index contributed by atoms with van der Waals surface area (Å²) in [5, 5.41) is 5.93. The second-order valence-corrected chi connectivity index (χ2v) is 7.66. The van der Waals surface area contributed by atoms with Crippen LogP contribution in [0.5, 0.6) is 0 Å². The highest BCUT2D eigenvalue weighted by atomic mass is 32.2. The van der Waals surface area contributed by atoms with E-state index in [1.54, 1.807) is 0 Å². The van der Waals surface area contributed by atoms with E-state index in [0.717, 1.165) is 11.4 Å². The SMILES string of the molecule is CN(C)c1ccccc1NC(=O)CC1CS(=O)(=O)CCN1. The van der Waals surface area contributed by atoms with Crippen LogP contribution in [0, 0.1) is 0 Å². The van der Waals surface area contributed by atoms with Gasteiger partial charge in [-0.25, -0.2) is 8.42 Å². The zero-order valence-electron chi connectivity index (χ0n) is 12.3. The first-order valence-corrected chi connectivity index (χ1v) is 8.69. The number of anilines is 2. The lowest BCUT2D eigenvalue weighted by atomic mass is 10.2. The average molecular weight is 311 g/mol. The molecular weight excluding hydrogens is 290 g/mol. The van der Waals surface area contributed by atoms with Crippen LogP contribution in [0.25, 0.3) is 0 Å². The molecule has 116 valence electrons. The fraction of sp³-hybridized carbons (Fsp3) is 0.500. The Labute approximate surface area is 125 Å². The van der Waals surface area contributed by atoms with Crippen LogP contribution >= 0.6 is 0 Å². The molecule has 2 N–H and O–H groups in total. The Balaban J connectivity index is 1.99. The Hall–Kier alpha value is -1.60. The van der Waals surface area contributed by atoms with Crippen molar-refractivity contribution in [2.75, 3.05) is 42.4 Å². The van der Waals surface area contributed by atoms with Crippen LogP contribution < -0.4 is 15.5 Å². The standard InChI is InChI=1S/C14H21N3O3S/c1-17(2)13-6-4-3-5-12(13)16-14(18)9-11-10-21(19,20)8-7-15-11/h3-6,11,15H,7-10H2,1-2H3,(H,16,18). The summed E-state index contributed by atoms with van der Waals surface area (Å²) in [5.74, 6) is -0.0106. The molecule has 0 aliphatic carbocycles. The second-order valence-electron chi connectivity index (χ2n) is 5.43. The number of nitrogens with one attached hydrogen (secondary N) is 2. The number of hydrogen-bond donors (Lipinski definition) is 2. The van der Waals surface area contributed by atoms with Crippen molar-refractivity contribution in [3.05, 3.63) is 24.3 Å². The van der Waals surface area contributed by atoms with Crippen LogP contribution in [0.2, 0.25) is 0 Å². The molecule has 1 heterocycles. The van der Waals surface area contributed by atoms with Gasteiger partial charge in [0.1, 0.15) is 0 Å². The number of amides is 1. The van der Waals surface area contributed by atoms with E-state index < -0.39 is 9.84 Å². The second kappa shape index (κ2) is 6.44. The lowest BCUT2D eigenvalue weighted by Gasteiger charge is -2.23. The summed E-state index contributed by atoms with van der Waals surface area (Å²) in [5.41, 5.74) is 1.64. The summed E-state index contributed by atoms with van der Waals surface area (Å²) in [4.78, 5) is 14.0. The van der Waals surface area contributed by atoms with Gasteiger partial charge in [-0.2, -0.15) is 0 Å². The molecule has 1 aliphatic heterocycles. The van der Waals surface area contributed by atoms with Gasteiger partial charge in [-0.05, 0) is 12.1 Å². The fourth-order valence-electron chi connectivity index (χ4n) is 2.39. The highest BCUT2D eigenvalue weighted by Crippen LogP contribution is 2.23. The zero-order valence-corrected chi connectivity index (χ0v) is 13.1. The molecule has 1 aromatic carbocycles. The maximum absolute atomic E-state index is 12.1. The molecule has 1 amide bonds. The molecular formula is C14H21N3O3S. The molecule has 2 rings (SSSR count). The van der Waals surface area contributed by atoms with E-state index in [9.17, 15) is 13.2 Å². The zero-order chi connectivity index (χ0) is 15.5. The van der Waals surface area contributed by atoms with Gasteiger partial charge in [0, 0.05) is 33.1 Å². The minimum atomic E-state index is -3.02. The van der Waals surface area contributed by atoms with Crippen molar-refractivity contribution in [1.82, 2.24) is 5.32 Å². The van der Waals surface area contributed by atoms with Gasteiger partial charge in [0.2, 0.25) is 5.91 Å². The molecule has 1 aliphatic rings. The Morgan fingerprint density at radius 2 is 2.10 bits per heavy atom. The molecule has 1 atom stereocenters. The maximum Gasteiger partial charge on any atom is 0.226 e. The summed E-state index contributed by atoms with van der Waals surface area (Å²) in [7, 11) is 0.783. The molecule has 0 aromatic heterocycles. The normalized spacial score (nSPS) is 20.8. The van der Waals surface area contributed by atoms with E-state index in [1.165, 1.54) is 0 Å². The van der Waals surface area contributed by atoms with Crippen LogP contribution in [0.3, 0.4) is 0 Å². The highest BCUT2D eigenvalue weighted by Gasteiger charge is 2.26. The van der Waals surface area contributed by atoms with Crippen molar-refractivity contribution >= 4 is 27.1 Å². The topological polar surface area (TPSA) is 78.5 Å². The van der Waals surface area contributed by atoms with E-state index in [2.05, 4.69) is 10.6 Å². The van der Waals surface area contributed by atoms with E-state index in [0.29, 0.717) is 6.54 Å². The summed E-state index contributed by atoms with van der Waals surface area (Å²) in [6.07, 6.45) is 0.154. The molecule has 1 aromatic rings. The molecule has 0 radical (unpaired) electrons. The number of para-hydroxylation sites is 2. The van der Waals surface area contributed by atoms with E-state index >= 15 is 0 Å². The molecule has 1 unspecified atom stereocenters. The summed E-state index contributed by atoms with van der Waals surface area (Å²) in [6.45, 7) is 0.411. The average Bonchev–Trinajstić information content (AvgIpc) is 2.37. The smallest absolute Gasteiger partial charge is 0.226 e. The van der Waals surface area contributed by atoms with Crippen molar-refractivity contribution < 1.29 is 13.2 Å². The Bertz CT molecular complexity index is 614. The third kappa shape index (κ3) is 4.44. The molecule has 1 saturated heterocycles. The third-order valence-corrected chi connectivity index (χ3v) is 5.13. The number of sulfone groups is 1. The van der Waals surface area contributed by atoms with Crippen molar-refractivity contribution in [3.63, 3.8) is 0 Å². The summed E-state index contributed by atoms with van der Waals surface area (Å²) in [6, 6.07) is 7.19.